The lowest BCUT2D eigenvalue weighted by Crippen LogP contribution is -2.38. The first-order valence-corrected chi connectivity index (χ1v) is 12.5. The molecule has 1 N–H and O–H groups in total. The van der Waals surface area contributed by atoms with Gasteiger partial charge in [-0.05, 0) is 48.2 Å². The average Bonchev–Trinajstić information content (AvgIpc) is 3.22. The molecule has 5 nitrogen and oxygen atoms in total. The number of morpholine rings is 1. The summed E-state index contributed by atoms with van der Waals surface area (Å²) in [5.41, 5.74) is 3.96. The second-order valence-corrected chi connectivity index (χ2v) is 10.1. The van der Waals surface area contributed by atoms with Crippen LogP contribution < -0.4 is 10.2 Å². The summed E-state index contributed by atoms with van der Waals surface area (Å²) in [6.45, 7) is 2.71. The number of fused-ring (bicyclic) bond motifs is 1. The number of rotatable bonds is 5. The topological polar surface area (TPSA) is 54.5 Å². The van der Waals surface area contributed by atoms with Crippen LogP contribution in [-0.2, 0) is 11.2 Å². The van der Waals surface area contributed by atoms with E-state index in [1.54, 1.807) is 12.3 Å². The van der Waals surface area contributed by atoms with Gasteiger partial charge in [-0.3, -0.25) is 4.79 Å². The van der Waals surface area contributed by atoms with Crippen molar-refractivity contribution in [1.29, 1.82) is 0 Å². The Hall–Kier alpha value is -2.25. The molecule has 1 saturated heterocycles. The van der Waals surface area contributed by atoms with E-state index in [-0.39, 0.29) is 11.9 Å². The van der Waals surface area contributed by atoms with E-state index in [9.17, 15) is 4.79 Å². The second-order valence-electron chi connectivity index (χ2n) is 8.11. The van der Waals surface area contributed by atoms with Gasteiger partial charge in [-0.1, -0.05) is 59.2 Å². The van der Waals surface area contributed by atoms with Gasteiger partial charge in [0.25, 0.3) is 5.91 Å². The quantitative estimate of drug-likeness (QED) is 0.481. The summed E-state index contributed by atoms with van der Waals surface area (Å²) >= 11 is 13.8. The Kier molecular flexibility index (Phi) is 6.79. The lowest BCUT2D eigenvalue weighted by Gasteiger charge is -2.30. The molecule has 1 aliphatic heterocycles. The molecule has 1 aliphatic carbocycles. The van der Waals surface area contributed by atoms with Crippen molar-refractivity contribution >= 4 is 46.6 Å². The number of pyridine rings is 1. The third-order valence-corrected chi connectivity index (χ3v) is 7.29. The summed E-state index contributed by atoms with van der Waals surface area (Å²) in [6, 6.07) is 15.7. The molecular weight excluding hydrogens is 477 g/mol. The highest BCUT2D eigenvalue weighted by Crippen LogP contribution is 2.35. The standard InChI is InChI=1S/C25H23Cl2N3O2S/c26-17-11-18(27)13-19(12-17)33-24-14-23(30-7-9-32-10-8-30)21(15-28-24)25(31)29-22-6-5-16-3-1-2-4-20(16)22/h1-4,11-15,22H,5-10H2,(H,29,31)/t22-/m0/s1. The lowest BCUT2D eigenvalue weighted by atomic mass is 10.1. The van der Waals surface area contributed by atoms with E-state index in [1.807, 2.05) is 30.3 Å². The molecule has 1 aromatic heterocycles. The molecule has 1 atom stereocenters. The largest absolute Gasteiger partial charge is 0.378 e. The van der Waals surface area contributed by atoms with E-state index >= 15 is 0 Å². The van der Waals surface area contributed by atoms with Gasteiger partial charge in [0.1, 0.15) is 5.03 Å². The highest BCUT2D eigenvalue weighted by atomic mass is 35.5. The molecule has 0 bridgehead atoms. The molecule has 33 heavy (non-hydrogen) atoms. The molecule has 0 radical (unpaired) electrons. The number of aryl methyl sites for hydroxylation is 1. The number of carbonyl (C=O) groups excluding carboxylic acids is 1. The zero-order valence-electron chi connectivity index (χ0n) is 17.9. The maximum Gasteiger partial charge on any atom is 0.255 e. The third kappa shape index (κ3) is 5.14. The van der Waals surface area contributed by atoms with E-state index < -0.39 is 0 Å². The van der Waals surface area contributed by atoms with E-state index in [1.165, 1.54) is 22.9 Å². The average molecular weight is 500 g/mol. The Labute approximate surface area is 207 Å². The molecule has 5 rings (SSSR count). The molecule has 2 aromatic carbocycles. The van der Waals surface area contributed by atoms with Crippen LogP contribution in [0.3, 0.4) is 0 Å². The van der Waals surface area contributed by atoms with Crippen LogP contribution in [0.1, 0.15) is 33.9 Å². The molecule has 0 saturated carbocycles. The normalized spacial score (nSPS) is 17.6. The van der Waals surface area contributed by atoms with E-state index in [4.69, 9.17) is 27.9 Å². The minimum Gasteiger partial charge on any atom is -0.378 e. The SMILES string of the molecule is O=C(N[C@H]1CCc2ccccc21)c1cnc(Sc2cc(Cl)cc(Cl)c2)cc1N1CCOCC1. The highest BCUT2D eigenvalue weighted by Gasteiger charge is 2.26. The molecule has 8 heteroatoms. The first-order valence-electron chi connectivity index (χ1n) is 10.9. The number of benzene rings is 2. The Balaban J connectivity index is 1.43. The number of ether oxygens (including phenoxy) is 1. The smallest absolute Gasteiger partial charge is 0.255 e. The van der Waals surface area contributed by atoms with Gasteiger partial charge in [0.15, 0.2) is 0 Å². The lowest BCUT2D eigenvalue weighted by molar-refractivity contribution is 0.0935. The maximum atomic E-state index is 13.4. The number of nitrogens with zero attached hydrogens (tertiary/aromatic N) is 2. The molecule has 3 aromatic rings. The van der Waals surface area contributed by atoms with Gasteiger partial charge in [-0.25, -0.2) is 4.98 Å². The van der Waals surface area contributed by atoms with Gasteiger partial charge in [-0.15, -0.1) is 0 Å². The predicted molar refractivity (Wildman–Crippen MR) is 133 cm³/mol. The zero-order chi connectivity index (χ0) is 22.8. The van der Waals surface area contributed by atoms with Crippen LogP contribution in [0.5, 0.6) is 0 Å². The Morgan fingerprint density at radius 2 is 1.85 bits per heavy atom. The Morgan fingerprint density at radius 3 is 2.64 bits per heavy atom. The molecule has 0 unspecified atom stereocenters. The van der Waals surface area contributed by atoms with Crippen molar-refractivity contribution in [2.24, 2.45) is 0 Å². The molecule has 170 valence electrons. The zero-order valence-corrected chi connectivity index (χ0v) is 20.2. The van der Waals surface area contributed by atoms with Crippen molar-refractivity contribution in [2.75, 3.05) is 31.2 Å². The molecule has 2 aliphatic rings. The first-order chi connectivity index (χ1) is 16.1. The van der Waals surface area contributed by atoms with Crippen LogP contribution in [0, 0.1) is 0 Å². The number of halogens is 2. The molecule has 1 fully saturated rings. The highest BCUT2D eigenvalue weighted by molar-refractivity contribution is 7.99. The number of carbonyl (C=O) groups is 1. The van der Waals surface area contributed by atoms with Crippen LogP contribution in [0.2, 0.25) is 10.0 Å². The number of anilines is 1. The fourth-order valence-electron chi connectivity index (χ4n) is 4.37. The van der Waals surface area contributed by atoms with Gasteiger partial charge in [0, 0.05) is 34.2 Å². The van der Waals surface area contributed by atoms with Crippen LogP contribution >= 0.6 is 35.0 Å². The summed E-state index contributed by atoms with van der Waals surface area (Å²) in [7, 11) is 0. The summed E-state index contributed by atoms with van der Waals surface area (Å²) in [4.78, 5) is 21.1. The number of aromatic nitrogens is 1. The monoisotopic (exact) mass is 499 g/mol. The van der Waals surface area contributed by atoms with E-state index in [0.717, 1.165) is 41.5 Å². The van der Waals surface area contributed by atoms with Gasteiger partial charge < -0.3 is 15.0 Å². The molecule has 2 heterocycles. The van der Waals surface area contributed by atoms with Crippen molar-refractivity contribution in [3.8, 4) is 0 Å². The predicted octanol–water partition coefficient (Wildman–Crippen LogP) is 5.79. The Morgan fingerprint density at radius 1 is 1.09 bits per heavy atom. The third-order valence-electron chi connectivity index (χ3n) is 5.95. The van der Waals surface area contributed by atoms with Crippen molar-refractivity contribution in [1.82, 2.24) is 10.3 Å². The van der Waals surface area contributed by atoms with Crippen LogP contribution in [-0.4, -0.2) is 37.2 Å². The fourth-order valence-corrected chi connectivity index (χ4v) is 5.92. The number of amides is 1. The number of hydrogen-bond donors (Lipinski definition) is 1. The first kappa shape index (κ1) is 22.5. The number of nitrogens with one attached hydrogen (secondary N) is 1. The van der Waals surface area contributed by atoms with Crippen LogP contribution in [0.25, 0.3) is 0 Å². The number of hydrogen-bond acceptors (Lipinski definition) is 5. The van der Waals surface area contributed by atoms with Crippen molar-refractivity contribution in [3.63, 3.8) is 0 Å². The van der Waals surface area contributed by atoms with Gasteiger partial charge in [-0.2, -0.15) is 0 Å². The summed E-state index contributed by atoms with van der Waals surface area (Å²) in [6.07, 6.45) is 3.57. The van der Waals surface area contributed by atoms with Crippen LogP contribution in [0.4, 0.5) is 5.69 Å². The van der Waals surface area contributed by atoms with Crippen molar-refractivity contribution < 1.29 is 9.53 Å². The van der Waals surface area contributed by atoms with Gasteiger partial charge in [0.2, 0.25) is 0 Å². The molecule has 1 amide bonds. The summed E-state index contributed by atoms with van der Waals surface area (Å²) in [5.74, 6) is -0.104. The summed E-state index contributed by atoms with van der Waals surface area (Å²) in [5, 5.41) is 5.16. The van der Waals surface area contributed by atoms with Crippen molar-refractivity contribution in [3.05, 3.63) is 81.5 Å². The fraction of sp³-hybridized carbons (Fsp3) is 0.280. The molecule has 0 spiro atoms. The maximum absolute atomic E-state index is 13.4. The van der Waals surface area contributed by atoms with Crippen molar-refractivity contribution in [2.45, 2.75) is 28.8 Å². The van der Waals surface area contributed by atoms with Gasteiger partial charge in [0.05, 0.1) is 30.5 Å². The minimum atomic E-state index is -0.104. The summed E-state index contributed by atoms with van der Waals surface area (Å²) < 4.78 is 5.53. The Bertz CT molecular complexity index is 1160. The van der Waals surface area contributed by atoms with E-state index in [2.05, 4.69) is 27.3 Å². The second kappa shape index (κ2) is 9.94. The minimum absolute atomic E-state index is 0.0221. The molecular formula is C25H23Cl2N3O2S. The van der Waals surface area contributed by atoms with Gasteiger partial charge >= 0.3 is 0 Å². The van der Waals surface area contributed by atoms with Crippen LogP contribution in [0.15, 0.2) is 64.6 Å². The van der Waals surface area contributed by atoms with E-state index in [0.29, 0.717) is 28.8 Å².